The number of morpholine rings is 1. The molecular formula is C102H142F3N21O21S. The van der Waals surface area contributed by atoms with E-state index in [1.54, 1.807) is 87.2 Å². The SMILES string of the molecule is CC(C)C[C@H]1NC(=O)[C@H](C)N(C)C(=O)[C@H](CCC(N)=O)NC(=O)[C@H](Cc2ccc(-c3ccccc3)cc2)NC(=O)[C@H](CCc2ccccc2)NC(=O)[C@H](Cc2cccc(C(F)(F)F)c2)NC(=O)[C@H](CC(=O)O)NC(=O)[C@H](Cc2ccc(O)cc2)NC(=O)[C@H](CN2CCOCC2)NC(=O)CSC[C@@H](C(=O)N[C@@H](CCN)C(N)=O)NC(=O)[C@H](CCCN)NC(=O)[C@H](C(C)C)NC(=O)[C@H](CC2CCCCC2)NC(=O)[C@H](CCN)NC1=O. The molecule has 26 N–H and O–H groups in total. The summed E-state index contributed by atoms with van der Waals surface area (Å²) in [7, 11) is 1.19. The van der Waals surface area contributed by atoms with E-state index in [2.05, 4.69) is 74.4 Å². The fraction of sp³-hybridized carbons (Fsp3) is 0.529. The zero-order chi connectivity index (χ0) is 108. The number of ether oxygens (including phenoxy) is 1. The zero-order valence-electron chi connectivity index (χ0n) is 84.1. The number of benzene rings is 5. The van der Waals surface area contributed by atoms with Crippen molar-refractivity contribution < 1.29 is 114 Å². The van der Waals surface area contributed by atoms with Crippen LogP contribution in [0, 0.1) is 17.8 Å². The number of rotatable bonds is 32. The van der Waals surface area contributed by atoms with Gasteiger partial charge in [-0.1, -0.05) is 175 Å². The molecule has 2 heterocycles. The van der Waals surface area contributed by atoms with Crippen LogP contribution in [-0.2, 0) is 123 Å². The Hall–Kier alpha value is -13.7. The highest BCUT2D eigenvalue weighted by atomic mass is 32.2. The van der Waals surface area contributed by atoms with E-state index in [9.17, 15) is 71.3 Å². The average Bonchev–Trinajstić information content (AvgIpc) is 1.07. The monoisotopic (exact) mass is 2090 g/mol. The van der Waals surface area contributed by atoms with Crippen LogP contribution in [0.25, 0.3) is 11.1 Å². The summed E-state index contributed by atoms with van der Waals surface area (Å²) in [5.74, 6) is -22.3. The zero-order valence-corrected chi connectivity index (χ0v) is 84.9. The topological polar surface area (TPSA) is 662 Å². The van der Waals surface area contributed by atoms with Crippen molar-refractivity contribution in [1.82, 2.24) is 84.2 Å². The lowest BCUT2D eigenvalue weighted by Gasteiger charge is -2.32. The third-order valence-corrected chi connectivity index (χ3v) is 26.7. The number of carbonyl (C=O) groups is 18. The molecule has 0 spiro atoms. The van der Waals surface area contributed by atoms with Crippen molar-refractivity contribution in [3.05, 3.63) is 161 Å². The van der Waals surface area contributed by atoms with E-state index < -0.39 is 265 Å². The number of alkyl halides is 3. The lowest BCUT2D eigenvalue weighted by molar-refractivity contribution is -0.143. The molecule has 3 aliphatic rings. The molecule has 15 atom stereocenters. The molecule has 8 rings (SSSR count). The molecule has 1 aliphatic carbocycles. The van der Waals surface area contributed by atoms with Crippen LogP contribution in [0.5, 0.6) is 5.75 Å². The Morgan fingerprint density at radius 1 is 0.500 bits per heavy atom. The molecule has 3 fully saturated rings. The number of primary amides is 2. The summed E-state index contributed by atoms with van der Waals surface area (Å²) >= 11 is 0.723. The molecule has 0 radical (unpaired) electrons. The summed E-state index contributed by atoms with van der Waals surface area (Å²) in [4.78, 5) is 268. The van der Waals surface area contributed by atoms with E-state index in [0.29, 0.717) is 35.6 Å². The molecule has 2 saturated heterocycles. The van der Waals surface area contributed by atoms with Gasteiger partial charge in [-0.2, -0.15) is 13.2 Å². The molecule has 0 bridgehead atoms. The first-order valence-corrected chi connectivity index (χ1v) is 51.0. The van der Waals surface area contributed by atoms with E-state index >= 15 is 38.4 Å². The minimum atomic E-state index is -5.00. The number of nitrogens with two attached hydrogens (primary N) is 5. The van der Waals surface area contributed by atoms with Gasteiger partial charge in [0.05, 0.1) is 31.0 Å². The maximum absolute atomic E-state index is 15.7. The van der Waals surface area contributed by atoms with Crippen molar-refractivity contribution in [2.45, 2.75) is 253 Å². The number of thioether (sulfide) groups is 1. The highest BCUT2D eigenvalue weighted by molar-refractivity contribution is 8.00. The van der Waals surface area contributed by atoms with Crippen LogP contribution in [0.2, 0.25) is 0 Å². The molecule has 2 aliphatic heterocycles. The Morgan fingerprint density at radius 3 is 1.54 bits per heavy atom. The molecule has 46 heteroatoms. The van der Waals surface area contributed by atoms with Crippen LogP contribution >= 0.6 is 11.8 Å². The van der Waals surface area contributed by atoms with Crippen molar-refractivity contribution >= 4 is 118 Å². The average molecular weight is 2090 g/mol. The third-order valence-electron chi connectivity index (χ3n) is 25.7. The summed E-state index contributed by atoms with van der Waals surface area (Å²) in [6, 6.07) is 7.69. The second-order valence-corrected chi connectivity index (χ2v) is 39.2. The largest absolute Gasteiger partial charge is 0.508 e. The minimum absolute atomic E-state index is 0.0364. The van der Waals surface area contributed by atoms with Crippen molar-refractivity contribution in [1.29, 1.82) is 0 Å². The fourth-order valence-corrected chi connectivity index (χ4v) is 18.1. The van der Waals surface area contributed by atoms with Crippen LogP contribution in [-0.4, -0.2) is 288 Å². The summed E-state index contributed by atoms with van der Waals surface area (Å²) in [6.45, 7) is 7.91. The van der Waals surface area contributed by atoms with Crippen molar-refractivity contribution in [3.63, 3.8) is 0 Å². The molecule has 148 heavy (non-hydrogen) atoms. The van der Waals surface area contributed by atoms with Crippen LogP contribution in [0.4, 0.5) is 13.2 Å². The summed E-state index contributed by atoms with van der Waals surface area (Å²) in [5.41, 5.74) is 30.6. The molecule has 17 amide bonds. The number of carboxylic acid groups (broad SMARTS) is 1. The van der Waals surface area contributed by atoms with Gasteiger partial charge < -0.3 is 123 Å². The fourth-order valence-electron chi connectivity index (χ4n) is 17.2. The lowest BCUT2D eigenvalue weighted by atomic mass is 9.84. The van der Waals surface area contributed by atoms with Crippen LogP contribution in [0.1, 0.15) is 159 Å². The van der Waals surface area contributed by atoms with Gasteiger partial charge in [0.15, 0.2) is 0 Å². The van der Waals surface area contributed by atoms with E-state index in [0.717, 1.165) is 53.6 Å². The molecule has 0 unspecified atom stereocenters. The predicted molar refractivity (Wildman–Crippen MR) is 542 cm³/mol. The smallest absolute Gasteiger partial charge is 0.416 e. The maximum Gasteiger partial charge on any atom is 0.416 e. The summed E-state index contributed by atoms with van der Waals surface area (Å²) in [5, 5.41) is 57.6. The minimum Gasteiger partial charge on any atom is -0.508 e. The second-order valence-electron chi connectivity index (χ2n) is 38.2. The number of carbonyl (C=O) groups excluding carboxylic acids is 17. The Labute approximate surface area is 861 Å². The number of phenolic OH excluding ortho intramolecular Hbond substituents is 1. The molecule has 5 aromatic rings. The lowest BCUT2D eigenvalue weighted by Crippen LogP contribution is -2.62. The first-order valence-electron chi connectivity index (χ1n) is 49.8. The van der Waals surface area contributed by atoms with E-state index in [1.807, 2.05) is 30.3 Å². The number of nitrogens with zero attached hydrogens (tertiary/aromatic N) is 2. The number of hydrogen-bond donors (Lipinski definition) is 21. The van der Waals surface area contributed by atoms with E-state index in [1.165, 1.54) is 44.3 Å². The number of aryl methyl sites for hydroxylation is 1. The van der Waals surface area contributed by atoms with Gasteiger partial charge in [0.2, 0.25) is 100 Å². The van der Waals surface area contributed by atoms with E-state index in [4.69, 9.17) is 33.4 Å². The van der Waals surface area contributed by atoms with Gasteiger partial charge in [0.25, 0.3) is 0 Å². The Bertz CT molecular complexity index is 5320. The number of carboxylic acids is 1. The highest BCUT2D eigenvalue weighted by Gasteiger charge is 2.43. The van der Waals surface area contributed by atoms with Gasteiger partial charge in [-0.15, -0.1) is 11.8 Å². The molecule has 808 valence electrons. The number of halogens is 3. The Balaban J connectivity index is 1.25. The summed E-state index contributed by atoms with van der Waals surface area (Å²) in [6.07, 6.45) is -6.42. The van der Waals surface area contributed by atoms with Gasteiger partial charge in [0.1, 0.15) is 96.4 Å². The number of nitrogens with one attached hydrogen (secondary N) is 14. The van der Waals surface area contributed by atoms with Crippen molar-refractivity contribution in [2.24, 2.45) is 46.4 Å². The number of hydrogen-bond acceptors (Lipinski definition) is 25. The Morgan fingerprint density at radius 2 is 0.986 bits per heavy atom. The number of amides is 17. The first-order chi connectivity index (χ1) is 70.4. The van der Waals surface area contributed by atoms with Gasteiger partial charge in [0, 0.05) is 58.1 Å². The summed E-state index contributed by atoms with van der Waals surface area (Å²) < 4.78 is 49.6. The molecule has 42 nitrogen and oxygen atoms in total. The predicted octanol–water partition coefficient (Wildman–Crippen LogP) is -0.214. The quantitative estimate of drug-likeness (QED) is 0.0265. The standard InChI is InChI=1S/C102H142F3N21O21S/c1-58(2)48-75-92(137)114-73(40-43-108)91(136)119-78(50-62-20-12-8-13-21-62)97(142)124-86(59(3)4)100(145)115-71(26-17-41-106)89(134)123-82(99(144)112-70(39-42-107)87(110)132)56-148-57-84(129)111-81(55-126-44-46-147-47-45-126)98(143)121-77(52-64-29-34-69(127)35-30-64)95(140)122-80(54-85(130)131)96(141)120-79(53-65-22-16-25-68(49-65)102(103,104)105)93(138)113-72(36-31-61-18-10-7-11-19-61)90(135)118-76(51-63-27-32-67(33-28-63)66-23-14-9-15-24-66)94(139)116-74(37-38-83(109)128)101(146)125(6)60(5)88(133)117-75/h7,9-11,14-16,18-19,22-25,27-30,32-35,49,58-60,62,70-82,86,127H,8,12-13,17,20-21,26,31,36-48,50-57,106-108H2,1-6H3,(H2,109,128)(H2,110,132)(H,111,129)(H,112,144)(H,113,138)(H,114,137)(H,115,145)(H,116,139)(H,117,133)(H,118,135)(H,119,136)(H,120,141)(H,121,143)(H,122,140)(H,123,134)(H,124,142)(H,130,131)/t60-,70-,71-,72-,73-,74-,75+,76-,77-,78-,79-,80-,81-,82-,86-/m0/s1. The second kappa shape index (κ2) is 59.9. The van der Waals surface area contributed by atoms with Crippen molar-refractivity contribution in [3.8, 4) is 16.9 Å². The maximum atomic E-state index is 15.7. The molecular weight excluding hydrogens is 1940 g/mol. The van der Waals surface area contributed by atoms with Gasteiger partial charge in [-0.05, 0) is 154 Å². The molecule has 5 aromatic carbocycles. The van der Waals surface area contributed by atoms with Gasteiger partial charge >= 0.3 is 12.1 Å². The number of aliphatic carboxylic acids is 1. The first kappa shape index (κ1) is 120. The number of likely N-dealkylation sites (N-methyl/N-ethyl adjacent to an activating group) is 1. The normalized spacial score (nSPS) is 23.9. The van der Waals surface area contributed by atoms with E-state index in [-0.39, 0.29) is 133 Å². The molecule has 0 aromatic heterocycles. The van der Waals surface area contributed by atoms with Crippen LogP contribution < -0.4 is 103 Å². The van der Waals surface area contributed by atoms with Gasteiger partial charge in [-0.25, -0.2) is 0 Å². The van der Waals surface area contributed by atoms with Crippen LogP contribution in [0.15, 0.2) is 133 Å². The Kier molecular flexibility index (Phi) is 48.4. The number of phenols is 1. The van der Waals surface area contributed by atoms with Crippen LogP contribution in [0.3, 0.4) is 0 Å². The molecule has 1 saturated carbocycles. The van der Waals surface area contributed by atoms with Crippen molar-refractivity contribution in [2.75, 3.05) is 71.0 Å². The highest BCUT2D eigenvalue weighted by Crippen LogP contribution is 2.32. The number of aromatic hydroxyl groups is 1. The van der Waals surface area contributed by atoms with Gasteiger partial charge in [-0.3, -0.25) is 91.2 Å². The third kappa shape index (κ3) is 39.5.